The maximum atomic E-state index is 12.9. The number of rotatable bonds is 3. The Kier molecular flexibility index (Phi) is 5.63. The van der Waals surface area contributed by atoms with Gasteiger partial charge in [0.15, 0.2) is 0 Å². The van der Waals surface area contributed by atoms with Crippen LogP contribution < -0.4 is 5.73 Å². The van der Waals surface area contributed by atoms with Gasteiger partial charge in [0, 0.05) is 31.7 Å². The van der Waals surface area contributed by atoms with E-state index in [1.807, 2.05) is 6.92 Å². The second kappa shape index (κ2) is 7.46. The summed E-state index contributed by atoms with van der Waals surface area (Å²) in [6.07, 6.45) is 3.74. The third-order valence-electron chi connectivity index (χ3n) is 5.56. The first-order chi connectivity index (χ1) is 12.2. The van der Waals surface area contributed by atoms with Crippen molar-refractivity contribution >= 4 is 27.5 Å². The van der Waals surface area contributed by atoms with Crippen molar-refractivity contribution in [2.75, 3.05) is 26.2 Å². The van der Waals surface area contributed by atoms with Crippen LogP contribution in [0.1, 0.15) is 32.6 Å². The monoisotopic (exact) mass is 399 g/mol. The van der Waals surface area contributed by atoms with Crippen molar-refractivity contribution in [1.29, 1.82) is 0 Å². The van der Waals surface area contributed by atoms with Crippen molar-refractivity contribution in [3.05, 3.63) is 29.3 Å². The Hall–Kier alpha value is -1.15. The number of amides is 1. The Morgan fingerprint density at radius 3 is 2.46 bits per heavy atom. The number of nitrogens with two attached hydrogens (primary N) is 1. The highest BCUT2D eigenvalue weighted by Crippen LogP contribution is 2.33. The van der Waals surface area contributed by atoms with Crippen LogP contribution in [0.3, 0.4) is 0 Å². The standard InChI is InChI=1S/C18H26ClN3O3S/c1-18(20)9-5-4-6-14(18)17(23)21-10-12-22(13-11-21)26(24,25)16-8-3-2-7-15(16)19/h2-3,7-8,14H,4-6,9-13,20H2,1H3. The smallest absolute Gasteiger partial charge is 0.244 e. The molecule has 1 amide bonds. The van der Waals surface area contributed by atoms with Gasteiger partial charge in [0.1, 0.15) is 4.90 Å². The van der Waals surface area contributed by atoms with E-state index in [1.54, 1.807) is 23.1 Å². The van der Waals surface area contributed by atoms with Gasteiger partial charge >= 0.3 is 0 Å². The minimum atomic E-state index is -3.65. The van der Waals surface area contributed by atoms with E-state index in [2.05, 4.69) is 0 Å². The lowest BCUT2D eigenvalue weighted by atomic mass is 9.74. The number of nitrogens with zero attached hydrogens (tertiary/aromatic N) is 2. The molecule has 8 heteroatoms. The number of carbonyl (C=O) groups is 1. The summed E-state index contributed by atoms with van der Waals surface area (Å²) in [5, 5.41) is 0.215. The predicted molar refractivity (Wildman–Crippen MR) is 101 cm³/mol. The van der Waals surface area contributed by atoms with Crippen LogP contribution in [-0.4, -0.2) is 55.2 Å². The van der Waals surface area contributed by atoms with Crippen LogP contribution in [0.4, 0.5) is 0 Å². The number of hydrogen-bond donors (Lipinski definition) is 1. The maximum absolute atomic E-state index is 12.9. The molecule has 1 aromatic carbocycles. The van der Waals surface area contributed by atoms with Gasteiger partial charge in [-0.1, -0.05) is 36.6 Å². The van der Waals surface area contributed by atoms with Crippen LogP contribution in [0.2, 0.25) is 5.02 Å². The first-order valence-corrected chi connectivity index (χ1v) is 10.9. The van der Waals surface area contributed by atoms with Gasteiger partial charge in [-0.25, -0.2) is 8.42 Å². The Bertz CT molecular complexity index is 774. The van der Waals surface area contributed by atoms with Gasteiger partial charge in [0.25, 0.3) is 0 Å². The molecule has 1 heterocycles. The van der Waals surface area contributed by atoms with Gasteiger partial charge in [-0.3, -0.25) is 4.79 Å². The summed E-state index contributed by atoms with van der Waals surface area (Å²) in [6, 6.07) is 6.44. The quantitative estimate of drug-likeness (QED) is 0.843. The minimum absolute atomic E-state index is 0.0597. The molecule has 2 aliphatic rings. The van der Waals surface area contributed by atoms with Crippen LogP contribution in [0.5, 0.6) is 0 Å². The van der Waals surface area contributed by atoms with E-state index >= 15 is 0 Å². The van der Waals surface area contributed by atoms with Crippen molar-refractivity contribution in [2.24, 2.45) is 11.7 Å². The van der Waals surface area contributed by atoms with Crippen LogP contribution in [0.15, 0.2) is 29.2 Å². The third-order valence-corrected chi connectivity index (χ3v) is 7.96. The van der Waals surface area contributed by atoms with E-state index in [0.717, 1.165) is 25.7 Å². The van der Waals surface area contributed by atoms with Crippen molar-refractivity contribution < 1.29 is 13.2 Å². The van der Waals surface area contributed by atoms with E-state index in [4.69, 9.17) is 17.3 Å². The zero-order valence-electron chi connectivity index (χ0n) is 15.0. The summed E-state index contributed by atoms with van der Waals surface area (Å²) in [4.78, 5) is 14.8. The number of sulfonamides is 1. The lowest BCUT2D eigenvalue weighted by Crippen LogP contribution is -2.57. The average Bonchev–Trinajstić information content (AvgIpc) is 2.61. The highest BCUT2D eigenvalue weighted by molar-refractivity contribution is 7.89. The molecule has 2 unspecified atom stereocenters. The molecular formula is C18H26ClN3O3S. The molecule has 0 spiro atoms. The third kappa shape index (κ3) is 3.76. The number of hydrogen-bond acceptors (Lipinski definition) is 4. The number of carbonyl (C=O) groups excluding carboxylic acids is 1. The Morgan fingerprint density at radius 1 is 1.19 bits per heavy atom. The molecular weight excluding hydrogens is 374 g/mol. The normalized spacial score (nSPS) is 28.1. The number of piperazine rings is 1. The number of halogens is 1. The SMILES string of the molecule is CC1(N)CCCCC1C(=O)N1CCN(S(=O)(=O)c2ccccc2Cl)CC1. The van der Waals surface area contributed by atoms with Crippen molar-refractivity contribution in [3.8, 4) is 0 Å². The molecule has 1 aliphatic carbocycles. The van der Waals surface area contributed by atoms with Gasteiger partial charge in [-0.15, -0.1) is 0 Å². The molecule has 3 rings (SSSR count). The van der Waals surface area contributed by atoms with E-state index in [-0.39, 0.29) is 34.8 Å². The molecule has 2 fully saturated rings. The molecule has 26 heavy (non-hydrogen) atoms. The van der Waals surface area contributed by atoms with E-state index in [9.17, 15) is 13.2 Å². The summed E-state index contributed by atoms with van der Waals surface area (Å²) < 4.78 is 27.0. The summed E-state index contributed by atoms with van der Waals surface area (Å²) in [5.74, 6) is -0.118. The van der Waals surface area contributed by atoms with Gasteiger partial charge in [-0.2, -0.15) is 4.31 Å². The molecule has 144 valence electrons. The van der Waals surface area contributed by atoms with E-state index < -0.39 is 15.6 Å². The fraction of sp³-hybridized carbons (Fsp3) is 0.611. The Labute approximate surface area is 160 Å². The Balaban J connectivity index is 1.67. The first kappa shape index (κ1) is 19.6. The minimum Gasteiger partial charge on any atom is -0.340 e. The second-order valence-electron chi connectivity index (χ2n) is 7.46. The summed E-state index contributed by atoms with van der Waals surface area (Å²) >= 11 is 6.06. The molecule has 2 atom stereocenters. The fourth-order valence-electron chi connectivity index (χ4n) is 3.93. The lowest BCUT2D eigenvalue weighted by molar-refractivity contribution is -0.140. The molecule has 6 nitrogen and oxygen atoms in total. The van der Waals surface area contributed by atoms with Gasteiger partial charge < -0.3 is 10.6 Å². The van der Waals surface area contributed by atoms with Crippen LogP contribution in [0.25, 0.3) is 0 Å². The molecule has 1 saturated heterocycles. The predicted octanol–water partition coefficient (Wildman–Crippen LogP) is 2.08. The average molecular weight is 400 g/mol. The second-order valence-corrected chi connectivity index (χ2v) is 9.78. The lowest BCUT2D eigenvalue weighted by Gasteiger charge is -2.42. The highest BCUT2D eigenvalue weighted by atomic mass is 35.5. The largest absolute Gasteiger partial charge is 0.340 e. The van der Waals surface area contributed by atoms with Gasteiger partial charge in [-0.05, 0) is 31.9 Å². The van der Waals surface area contributed by atoms with Gasteiger partial charge in [0.05, 0.1) is 10.9 Å². The molecule has 1 aromatic rings. The molecule has 0 bridgehead atoms. The van der Waals surface area contributed by atoms with Crippen LogP contribution >= 0.6 is 11.6 Å². The maximum Gasteiger partial charge on any atom is 0.244 e. The topological polar surface area (TPSA) is 83.7 Å². The molecule has 1 aliphatic heterocycles. The summed E-state index contributed by atoms with van der Waals surface area (Å²) in [5.41, 5.74) is 5.87. The van der Waals surface area contributed by atoms with Crippen molar-refractivity contribution in [3.63, 3.8) is 0 Å². The molecule has 0 radical (unpaired) electrons. The number of benzene rings is 1. The van der Waals surface area contributed by atoms with E-state index in [1.165, 1.54) is 10.4 Å². The van der Waals surface area contributed by atoms with Crippen molar-refractivity contribution in [1.82, 2.24) is 9.21 Å². The van der Waals surface area contributed by atoms with Gasteiger partial charge in [0.2, 0.25) is 15.9 Å². The zero-order valence-corrected chi connectivity index (χ0v) is 16.6. The Morgan fingerprint density at radius 2 is 1.85 bits per heavy atom. The molecule has 2 N–H and O–H groups in total. The zero-order chi connectivity index (χ0) is 18.9. The van der Waals surface area contributed by atoms with E-state index in [0.29, 0.717) is 13.1 Å². The van der Waals surface area contributed by atoms with Crippen LogP contribution in [0, 0.1) is 5.92 Å². The fourth-order valence-corrected chi connectivity index (χ4v) is 5.84. The van der Waals surface area contributed by atoms with Crippen molar-refractivity contribution in [2.45, 2.75) is 43.0 Å². The first-order valence-electron chi connectivity index (χ1n) is 9.06. The summed E-state index contributed by atoms with van der Waals surface area (Å²) in [7, 11) is -3.65. The highest BCUT2D eigenvalue weighted by Gasteiger charge is 2.41. The molecule has 0 aromatic heterocycles. The molecule has 1 saturated carbocycles. The summed E-state index contributed by atoms with van der Waals surface area (Å²) in [6.45, 7) is 3.26. The van der Waals surface area contributed by atoms with Crippen LogP contribution in [-0.2, 0) is 14.8 Å².